The number of nitrogens with zero attached hydrogens (tertiary/aromatic N) is 1. The molecule has 0 saturated carbocycles. The Kier molecular flexibility index (Phi) is 37.1. The first-order valence-corrected chi connectivity index (χ1v) is 19.9. The van der Waals surface area contributed by atoms with E-state index in [1.54, 1.807) is 0 Å². The number of fused-ring (bicyclic) bond motifs is 6. The number of furan rings is 2. The maximum atomic E-state index is 5.65. The van der Waals surface area contributed by atoms with Gasteiger partial charge in [0.05, 0.1) is 0 Å². The van der Waals surface area contributed by atoms with Crippen molar-refractivity contribution >= 4 is 59.8 Å². The smallest absolute Gasteiger partial charge is 0.135 e. The van der Waals surface area contributed by atoms with Crippen LogP contribution in [0.15, 0.2) is 106 Å². The first-order valence-electron chi connectivity index (χ1n) is 18.8. The van der Waals surface area contributed by atoms with Gasteiger partial charge in [-0.05, 0) is 57.0 Å². The van der Waals surface area contributed by atoms with Gasteiger partial charge in [0.25, 0.3) is 0 Å². The number of halogens is 1. The summed E-state index contributed by atoms with van der Waals surface area (Å²) in [6.45, 7) is 34.6. The molecule has 0 saturated heterocycles. The van der Waals surface area contributed by atoms with E-state index in [0.717, 1.165) is 40.8 Å². The van der Waals surface area contributed by atoms with Crippen molar-refractivity contribution in [1.29, 1.82) is 0 Å². The highest BCUT2D eigenvalue weighted by Gasteiger charge is 2.04. The Morgan fingerprint density at radius 1 is 0.429 bits per heavy atom. The van der Waals surface area contributed by atoms with Gasteiger partial charge in [0.15, 0.2) is 0 Å². The summed E-state index contributed by atoms with van der Waals surface area (Å²) in [4.78, 5) is 2.38. The predicted octanol–water partition coefficient (Wildman–Crippen LogP) is 14.6. The second kappa shape index (κ2) is 36.2. The third kappa shape index (κ3) is 19.6. The van der Waals surface area contributed by atoms with Crippen LogP contribution in [-0.2, 0) is 0 Å². The van der Waals surface area contributed by atoms with Crippen molar-refractivity contribution in [2.24, 2.45) is 0 Å². The average molecular weight is 740 g/mol. The highest BCUT2D eigenvalue weighted by atomic mass is 79.9. The lowest BCUT2D eigenvalue weighted by atomic mass is 10.2. The Morgan fingerprint density at radius 3 is 0.776 bits per heavy atom. The molecule has 6 aromatic rings. The van der Waals surface area contributed by atoms with Crippen LogP contribution in [0, 0.1) is 0 Å². The second-order valence-electron chi connectivity index (χ2n) is 9.03. The van der Waals surface area contributed by atoms with Crippen LogP contribution in [0.25, 0.3) is 43.9 Å². The van der Waals surface area contributed by atoms with Crippen molar-refractivity contribution in [3.63, 3.8) is 0 Å². The van der Waals surface area contributed by atoms with Crippen LogP contribution in [0.3, 0.4) is 0 Å². The van der Waals surface area contributed by atoms with Crippen molar-refractivity contribution in [3.05, 3.63) is 97.1 Å². The van der Waals surface area contributed by atoms with Crippen LogP contribution in [0.4, 0.5) is 0 Å². The van der Waals surface area contributed by atoms with Gasteiger partial charge in [0.2, 0.25) is 0 Å². The first-order chi connectivity index (χ1) is 24.1. The maximum Gasteiger partial charge on any atom is 0.135 e. The lowest BCUT2D eigenvalue weighted by Crippen LogP contribution is -2.21. The minimum absolute atomic E-state index is 0.962. The monoisotopic (exact) mass is 738 g/mol. The number of hydrogen-bond donors (Lipinski definition) is 1. The SMILES string of the molecule is CC.CC.CC.CC.CCBr.CCN(CC)CC.CCNCC.c1ccc2c(c1)oc1ccccc12.c1ccc2c(c1)oc1ccccc12. The van der Waals surface area contributed by atoms with Gasteiger partial charge in [-0.3, -0.25) is 0 Å². The van der Waals surface area contributed by atoms with E-state index in [4.69, 9.17) is 8.83 Å². The topological polar surface area (TPSA) is 41.5 Å². The molecule has 0 atom stereocenters. The van der Waals surface area contributed by atoms with Crippen LogP contribution in [0.2, 0.25) is 0 Å². The Labute approximate surface area is 309 Å². The summed E-state index contributed by atoms with van der Waals surface area (Å²) in [5, 5.41) is 8.94. The molecule has 0 unspecified atom stereocenters. The summed E-state index contributed by atoms with van der Waals surface area (Å²) in [6.07, 6.45) is 0. The van der Waals surface area contributed by atoms with Gasteiger partial charge >= 0.3 is 0 Å². The van der Waals surface area contributed by atoms with Crippen molar-refractivity contribution in [2.75, 3.05) is 38.1 Å². The summed E-state index contributed by atoms with van der Waals surface area (Å²) in [6, 6.07) is 32.4. The maximum absolute atomic E-state index is 5.65. The van der Waals surface area contributed by atoms with Gasteiger partial charge in [0.1, 0.15) is 22.3 Å². The molecule has 0 amide bonds. The zero-order valence-electron chi connectivity index (χ0n) is 33.6. The van der Waals surface area contributed by atoms with Crippen molar-refractivity contribution in [2.45, 2.75) is 96.9 Å². The zero-order valence-corrected chi connectivity index (χ0v) is 35.2. The number of nitrogens with one attached hydrogen (secondary N) is 1. The predicted molar refractivity (Wildman–Crippen MR) is 230 cm³/mol. The van der Waals surface area contributed by atoms with Gasteiger partial charge in [-0.2, -0.15) is 0 Å². The van der Waals surface area contributed by atoms with E-state index in [2.05, 4.69) is 85.0 Å². The molecule has 0 aliphatic rings. The lowest BCUT2D eigenvalue weighted by molar-refractivity contribution is 0.321. The minimum Gasteiger partial charge on any atom is -0.456 e. The third-order valence-electron chi connectivity index (χ3n) is 6.41. The summed E-state index contributed by atoms with van der Waals surface area (Å²) in [5.74, 6) is 0. The van der Waals surface area contributed by atoms with Crippen LogP contribution >= 0.6 is 15.9 Å². The van der Waals surface area contributed by atoms with Gasteiger partial charge in [-0.1, -0.05) is 186 Å². The quantitative estimate of drug-likeness (QED) is 0.179. The Bertz CT molecular complexity index is 1310. The fourth-order valence-corrected chi connectivity index (χ4v) is 4.27. The lowest BCUT2D eigenvalue weighted by Gasteiger charge is -2.13. The van der Waals surface area contributed by atoms with E-state index in [1.165, 1.54) is 41.2 Å². The van der Waals surface area contributed by atoms with Gasteiger partial charge in [0, 0.05) is 26.9 Å². The Hall–Kier alpha value is -3.12. The van der Waals surface area contributed by atoms with Gasteiger partial charge in [-0.15, -0.1) is 0 Å². The molecular formula is C44H71BrN2O2. The molecule has 0 radical (unpaired) electrons. The molecule has 2 heterocycles. The Morgan fingerprint density at radius 2 is 0.633 bits per heavy atom. The standard InChI is InChI=1S/2C12H8O.C6H15N.C4H11N.C2H5Br.4C2H6/c2*1-3-7-11-9(5-1)10-6-2-4-8-12(10)13-11;1-4-7(5-2)6-3;1-3-5-4-2;1-2-3;4*1-2/h2*1-8H;4-6H2,1-3H3;5H,3-4H2,1-2H3;2H2,1H3;4*1-2H3. The second-order valence-corrected chi connectivity index (χ2v) is 10.2. The highest BCUT2D eigenvalue weighted by Crippen LogP contribution is 2.28. The van der Waals surface area contributed by atoms with E-state index in [9.17, 15) is 0 Å². The molecule has 0 spiro atoms. The van der Waals surface area contributed by atoms with E-state index in [0.29, 0.717) is 0 Å². The number of alkyl halides is 1. The molecule has 0 aliphatic carbocycles. The Balaban J connectivity index is -0.000000550. The van der Waals surface area contributed by atoms with Crippen molar-refractivity contribution < 1.29 is 8.83 Å². The van der Waals surface area contributed by atoms with E-state index in [1.807, 2.05) is 135 Å². The molecule has 276 valence electrons. The molecule has 2 aromatic heterocycles. The van der Waals surface area contributed by atoms with Crippen molar-refractivity contribution in [1.82, 2.24) is 10.2 Å². The highest BCUT2D eigenvalue weighted by molar-refractivity contribution is 9.09. The molecule has 4 nitrogen and oxygen atoms in total. The van der Waals surface area contributed by atoms with E-state index >= 15 is 0 Å². The number of para-hydroxylation sites is 4. The molecule has 0 bridgehead atoms. The normalized spacial score (nSPS) is 9.06. The zero-order chi connectivity index (χ0) is 37.9. The summed E-state index contributed by atoms with van der Waals surface area (Å²) in [5.41, 5.74) is 3.85. The van der Waals surface area contributed by atoms with Gasteiger partial charge in [-0.25, -0.2) is 0 Å². The molecule has 0 fully saturated rings. The molecule has 4 aromatic carbocycles. The molecule has 6 rings (SSSR count). The fourth-order valence-electron chi connectivity index (χ4n) is 4.27. The van der Waals surface area contributed by atoms with Crippen LogP contribution in [0.5, 0.6) is 0 Å². The molecule has 1 N–H and O–H groups in total. The first kappa shape index (κ1) is 50.3. The molecular weight excluding hydrogens is 668 g/mol. The number of benzene rings is 4. The number of hydrogen-bond acceptors (Lipinski definition) is 4. The van der Waals surface area contributed by atoms with Crippen LogP contribution in [-0.4, -0.2) is 43.0 Å². The largest absolute Gasteiger partial charge is 0.456 e. The van der Waals surface area contributed by atoms with Crippen molar-refractivity contribution in [3.8, 4) is 0 Å². The average Bonchev–Trinajstić information content (AvgIpc) is 3.76. The molecule has 0 aliphatic heterocycles. The van der Waals surface area contributed by atoms with E-state index < -0.39 is 0 Å². The van der Waals surface area contributed by atoms with E-state index in [-0.39, 0.29) is 0 Å². The molecule has 49 heavy (non-hydrogen) atoms. The van der Waals surface area contributed by atoms with Gasteiger partial charge < -0.3 is 19.1 Å². The summed E-state index contributed by atoms with van der Waals surface area (Å²) in [7, 11) is 0. The van der Waals surface area contributed by atoms with Crippen LogP contribution < -0.4 is 5.32 Å². The number of rotatable bonds is 5. The fraction of sp³-hybridized carbons (Fsp3) is 0.455. The third-order valence-corrected chi connectivity index (χ3v) is 6.41. The minimum atomic E-state index is 0.962. The summed E-state index contributed by atoms with van der Waals surface area (Å²) >= 11 is 3.15. The summed E-state index contributed by atoms with van der Waals surface area (Å²) < 4.78 is 11.3. The molecule has 5 heteroatoms. The van der Waals surface area contributed by atoms with Crippen LogP contribution in [0.1, 0.15) is 96.9 Å².